The lowest BCUT2D eigenvalue weighted by atomic mass is 10.2. The molecule has 0 aliphatic carbocycles. The molecular weight excluding hydrogens is 396 g/mol. The van der Waals surface area contributed by atoms with E-state index in [1.807, 2.05) is 13.0 Å². The van der Waals surface area contributed by atoms with Crippen LogP contribution in [0.25, 0.3) is 0 Å². The van der Waals surface area contributed by atoms with Gasteiger partial charge >= 0.3 is 0 Å². The second-order valence-corrected chi connectivity index (χ2v) is 8.84. The number of benzene rings is 1. The largest absolute Gasteiger partial charge is 0.325 e. The van der Waals surface area contributed by atoms with Crippen LogP contribution >= 0.6 is 11.8 Å². The van der Waals surface area contributed by atoms with Crippen LogP contribution in [-0.4, -0.2) is 24.6 Å². The summed E-state index contributed by atoms with van der Waals surface area (Å²) in [5, 5.41) is 17.3. The maximum absolute atomic E-state index is 12.7. The number of carbonyl (C=O) groups is 1. The number of nitriles is 1. The Kier molecular flexibility index (Phi) is 7.57. The fourth-order valence-electron chi connectivity index (χ4n) is 2.46. The zero-order valence-electron chi connectivity index (χ0n) is 15.7. The number of anilines is 1. The molecule has 0 bridgehead atoms. The van der Waals surface area contributed by atoms with E-state index in [0.717, 1.165) is 18.5 Å². The number of nitrogens with two attached hydrogens (primary N) is 1. The van der Waals surface area contributed by atoms with Gasteiger partial charge in [-0.2, -0.15) is 5.26 Å². The van der Waals surface area contributed by atoms with E-state index in [2.05, 4.69) is 23.3 Å². The molecule has 1 unspecified atom stereocenters. The predicted octanol–water partition coefficient (Wildman–Crippen LogP) is 3.06. The molecule has 2 aromatic rings. The van der Waals surface area contributed by atoms with Gasteiger partial charge in [0.2, 0.25) is 15.9 Å². The lowest BCUT2D eigenvalue weighted by Gasteiger charge is -2.15. The van der Waals surface area contributed by atoms with Gasteiger partial charge in [-0.1, -0.05) is 32.0 Å². The van der Waals surface area contributed by atoms with Crippen LogP contribution in [0.3, 0.4) is 0 Å². The molecule has 1 heterocycles. The average Bonchev–Trinajstić information content (AvgIpc) is 2.66. The monoisotopic (exact) mass is 418 g/mol. The lowest BCUT2D eigenvalue weighted by Crippen LogP contribution is -2.25. The Balaban J connectivity index is 2.16. The van der Waals surface area contributed by atoms with Crippen molar-refractivity contribution < 1.29 is 13.2 Å². The summed E-state index contributed by atoms with van der Waals surface area (Å²) in [4.78, 5) is 17.2. The number of hydrogen-bond donors (Lipinski definition) is 2. The normalized spacial score (nSPS) is 12.2. The van der Waals surface area contributed by atoms with Crippen LogP contribution in [-0.2, 0) is 21.2 Å². The van der Waals surface area contributed by atoms with Crippen LogP contribution in [0.4, 0.5) is 5.69 Å². The lowest BCUT2D eigenvalue weighted by molar-refractivity contribution is -0.115. The summed E-state index contributed by atoms with van der Waals surface area (Å²) in [5.41, 5.74) is 1.79. The highest BCUT2D eigenvalue weighted by molar-refractivity contribution is 8.00. The highest BCUT2D eigenvalue weighted by Crippen LogP contribution is 2.28. The number of thioether (sulfide) groups is 1. The minimum atomic E-state index is -3.78. The molecule has 2 rings (SSSR count). The number of sulfonamides is 1. The maximum Gasteiger partial charge on any atom is 0.238 e. The molecule has 0 fully saturated rings. The molecule has 0 aliphatic rings. The molecule has 0 spiro atoms. The number of nitrogens with zero attached hydrogens (tertiary/aromatic N) is 2. The Morgan fingerprint density at radius 3 is 2.46 bits per heavy atom. The summed E-state index contributed by atoms with van der Waals surface area (Å²) in [7, 11) is -3.78. The van der Waals surface area contributed by atoms with Gasteiger partial charge in [0.1, 0.15) is 11.1 Å². The van der Waals surface area contributed by atoms with E-state index in [0.29, 0.717) is 22.7 Å². The topological polar surface area (TPSA) is 126 Å². The highest BCUT2D eigenvalue weighted by atomic mass is 32.2. The molecule has 1 atom stereocenters. The van der Waals surface area contributed by atoms with E-state index in [9.17, 15) is 18.5 Å². The Morgan fingerprint density at radius 1 is 1.25 bits per heavy atom. The van der Waals surface area contributed by atoms with Crippen molar-refractivity contribution in [2.75, 3.05) is 5.32 Å². The van der Waals surface area contributed by atoms with E-state index >= 15 is 0 Å². The molecule has 9 heteroatoms. The van der Waals surface area contributed by atoms with Gasteiger partial charge in [0, 0.05) is 11.4 Å². The molecule has 0 saturated carbocycles. The minimum absolute atomic E-state index is 0.0254. The van der Waals surface area contributed by atoms with Crippen LogP contribution in [0.15, 0.2) is 46.3 Å². The molecule has 1 aromatic carbocycles. The van der Waals surface area contributed by atoms with E-state index in [-0.39, 0.29) is 10.8 Å². The number of amides is 1. The first-order valence-electron chi connectivity index (χ1n) is 8.78. The number of hydrogen-bond acceptors (Lipinski definition) is 6. The van der Waals surface area contributed by atoms with Crippen molar-refractivity contribution in [3.8, 4) is 6.07 Å². The Labute approximate surface area is 169 Å². The predicted molar refractivity (Wildman–Crippen MR) is 109 cm³/mol. The molecule has 3 N–H and O–H groups in total. The molecule has 1 amide bonds. The summed E-state index contributed by atoms with van der Waals surface area (Å²) >= 11 is 1.25. The number of pyridine rings is 1. The molecule has 0 radical (unpaired) electrons. The number of primary sulfonamides is 1. The van der Waals surface area contributed by atoms with Gasteiger partial charge in [-0.15, -0.1) is 0 Å². The molecule has 148 valence electrons. The Bertz CT molecular complexity index is 983. The average molecular weight is 419 g/mol. The third-order valence-electron chi connectivity index (χ3n) is 3.91. The van der Waals surface area contributed by atoms with Crippen molar-refractivity contribution in [2.45, 2.75) is 48.3 Å². The second kappa shape index (κ2) is 9.68. The zero-order valence-corrected chi connectivity index (χ0v) is 17.3. The number of carbonyl (C=O) groups excluding carboxylic acids is 1. The number of nitrogens with one attached hydrogen (secondary N) is 1. The quantitative estimate of drug-likeness (QED) is 0.635. The van der Waals surface area contributed by atoms with Crippen molar-refractivity contribution in [2.24, 2.45) is 5.14 Å². The summed E-state index contributed by atoms with van der Waals surface area (Å²) in [5.74, 6) is -0.248. The minimum Gasteiger partial charge on any atom is -0.325 e. The van der Waals surface area contributed by atoms with Crippen LogP contribution in [0, 0.1) is 11.3 Å². The summed E-state index contributed by atoms with van der Waals surface area (Å²) < 4.78 is 22.6. The van der Waals surface area contributed by atoms with Gasteiger partial charge in [0.05, 0.1) is 15.7 Å². The van der Waals surface area contributed by atoms with Crippen molar-refractivity contribution in [1.82, 2.24) is 4.98 Å². The van der Waals surface area contributed by atoms with E-state index in [1.54, 1.807) is 6.07 Å². The summed E-state index contributed by atoms with van der Waals surface area (Å²) in [6.45, 7) is 3.93. The van der Waals surface area contributed by atoms with Crippen molar-refractivity contribution in [3.05, 3.63) is 47.7 Å². The SMILES string of the molecule is CCCc1ccc(C#N)c(SC(CC)C(=O)Nc2ccc(S(N)(=O)=O)cc2)n1. The smallest absolute Gasteiger partial charge is 0.238 e. The van der Waals surface area contributed by atoms with Gasteiger partial charge in [-0.3, -0.25) is 4.79 Å². The summed E-state index contributed by atoms with van der Waals surface area (Å²) in [6.07, 6.45) is 2.28. The van der Waals surface area contributed by atoms with Gasteiger partial charge in [0.25, 0.3) is 0 Å². The van der Waals surface area contributed by atoms with Crippen molar-refractivity contribution in [1.29, 1.82) is 5.26 Å². The first-order valence-corrected chi connectivity index (χ1v) is 11.2. The molecule has 1 aromatic heterocycles. The fraction of sp³-hybridized carbons (Fsp3) is 0.316. The standard InChI is InChI=1S/C19H22N4O3S2/c1-3-5-14-7-6-13(12-20)19(23-14)27-17(4-2)18(24)22-15-8-10-16(11-9-15)28(21,25)26/h6-11,17H,3-5H2,1-2H3,(H,22,24)(H2,21,25,26). The van der Waals surface area contributed by atoms with Crippen LogP contribution in [0.5, 0.6) is 0 Å². The molecule has 28 heavy (non-hydrogen) atoms. The van der Waals surface area contributed by atoms with Crippen LogP contribution < -0.4 is 10.5 Å². The van der Waals surface area contributed by atoms with E-state index < -0.39 is 15.3 Å². The van der Waals surface area contributed by atoms with Gasteiger partial charge in [-0.25, -0.2) is 18.5 Å². The van der Waals surface area contributed by atoms with E-state index in [1.165, 1.54) is 36.0 Å². The fourth-order valence-corrected chi connectivity index (χ4v) is 3.98. The first kappa shape index (κ1) is 21.9. The Hall–Kier alpha value is -2.41. The maximum atomic E-state index is 12.7. The third kappa shape index (κ3) is 5.79. The molecular formula is C19H22N4O3S2. The molecule has 7 nitrogen and oxygen atoms in total. The van der Waals surface area contributed by atoms with Crippen molar-refractivity contribution in [3.63, 3.8) is 0 Å². The second-order valence-electron chi connectivity index (χ2n) is 6.09. The van der Waals surface area contributed by atoms with Gasteiger partial charge in [-0.05, 0) is 49.2 Å². The highest BCUT2D eigenvalue weighted by Gasteiger charge is 2.21. The number of rotatable bonds is 8. The van der Waals surface area contributed by atoms with Gasteiger partial charge < -0.3 is 5.32 Å². The Morgan fingerprint density at radius 2 is 1.93 bits per heavy atom. The zero-order chi connectivity index (χ0) is 20.7. The van der Waals surface area contributed by atoms with Crippen LogP contribution in [0.2, 0.25) is 0 Å². The number of aromatic nitrogens is 1. The third-order valence-corrected chi connectivity index (χ3v) is 6.21. The van der Waals surface area contributed by atoms with Crippen LogP contribution in [0.1, 0.15) is 37.9 Å². The molecule has 0 saturated heterocycles. The number of aryl methyl sites for hydroxylation is 1. The first-order chi connectivity index (χ1) is 13.3. The summed E-state index contributed by atoms with van der Waals surface area (Å²) in [6, 6.07) is 11.3. The van der Waals surface area contributed by atoms with Gasteiger partial charge in [0.15, 0.2) is 0 Å². The van der Waals surface area contributed by atoms with E-state index in [4.69, 9.17) is 5.14 Å². The van der Waals surface area contributed by atoms with Crippen molar-refractivity contribution >= 4 is 33.4 Å². The molecule has 0 aliphatic heterocycles.